The van der Waals surface area contributed by atoms with E-state index in [1.807, 2.05) is 0 Å². The van der Waals surface area contributed by atoms with Crippen molar-refractivity contribution in [3.8, 4) is 0 Å². The zero-order valence-electron chi connectivity index (χ0n) is 11.5. The predicted octanol–water partition coefficient (Wildman–Crippen LogP) is 3.93. The van der Waals surface area contributed by atoms with Crippen molar-refractivity contribution < 1.29 is 14.7 Å². The van der Waals surface area contributed by atoms with Crippen LogP contribution in [0.25, 0.3) is 0 Å². The maximum atomic E-state index is 12.1. The molecule has 0 aliphatic rings. The van der Waals surface area contributed by atoms with E-state index >= 15 is 0 Å². The number of thiocarbonyl (C=S) groups is 1. The smallest absolute Gasteiger partial charge is 0.335 e. The Bertz CT molecular complexity index is 798. The van der Waals surface area contributed by atoms with E-state index in [0.29, 0.717) is 15.7 Å². The van der Waals surface area contributed by atoms with E-state index in [9.17, 15) is 9.59 Å². The second kappa shape index (κ2) is 7.54. The Balaban J connectivity index is 2.11. The number of carboxylic acids is 1. The maximum absolute atomic E-state index is 12.1. The highest BCUT2D eigenvalue weighted by Crippen LogP contribution is 2.23. The van der Waals surface area contributed by atoms with Gasteiger partial charge in [-0.1, -0.05) is 23.7 Å². The molecule has 0 atom stereocenters. The largest absolute Gasteiger partial charge is 0.478 e. The van der Waals surface area contributed by atoms with Crippen molar-refractivity contribution in [1.82, 2.24) is 5.32 Å². The molecule has 8 heteroatoms. The van der Waals surface area contributed by atoms with Crippen molar-refractivity contribution >= 4 is 62.4 Å². The van der Waals surface area contributed by atoms with Crippen LogP contribution in [0.4, 0.5) is 5.69 Å². The highest BCUT2D eigenvalue weighted by Gasteiger charge is 2.13. The highest BCUT2D eigenvalue weighted by molar-refractivity contribution is 9.10. The van der Waals surface area contributed by atoms with Gasteiger partial charge in [-0.3, -0.25) is 10.1 Å². The summed E-state index contributed by atoms with van der Waals surface area (Å²) >= 11 is 14.3. The molecule has 23 heavy (non-hydrogen) atoms. The molecule has 0 unspecified atom stereocenters. The number of hydrogen-bond acceptors (Lipinski definition) is 3. The lowest BCUT2D eigenvalue weighted by Gasteiger charge is -2.12. The molecule has 0 saturated carbocycles. The van der Waals surface area contributed by atoms with Crippen molar-refractivity contribution in [1.29, 1.82) is 0 Å². The fraction of sp³-hybridized carbons (Fsp3) is 0. The second-order valence-electron chi connectivity index (χ2n) is 4.39. The normalized spacial score (nSPS) is 10.0. The molecule has 0 bridgehead atoms. The minimum Gasteiger partial charge on any atom is -0.478 e. The van der Waals surface area contributed by atoms with Crippen LogP contribution in [-0.2, 0) is 0 Å². The van der Waals surface area contributed by atoms with Crippen LogP contribution < -0.4 is 10.6 Å². The number of hydrogen-bond donors (Lipinski definition) is 3. The first-order chi connectivity index (χ1) is 10.9. The number of carboxylic acid groups (broad SMARTS) is 1. The number of nitrogens with one attached hydrogen (secondary N) is 2. The summed E-state index contributed by atoms with van der Waals surface area (Å²) < 4.78 is 0.631. The van der Waals surface area contributed by atoms with Gasteiger partial charge in [-0.05, 0) is 58.5 Å². The van der Waals surface area contributed by atoms with Crippen LogP contribution in [-0.4, -0.2) is 22.1 Å². The van der Waals surface area contributed by atoms with E-state index in [1.165, 1.54) is 18.2 Å². The summed E-state index contributed by atoms with van der Waals surface area (Å²) in [7, 11) is 0. The minimum atomic E-state index is -1.09. The van der Waals surface area contributed by atoms with Gasteiger partial charge in [0, 0.05) is 4.47 Å². The molecule has 5 nitrogen and oxygen atoms in total. The van der Waals surface area contributed by atoms with Gasteiger partial charge in [0.1, 0.15) is 0 Å². The van der Waals surface area contributed by atoms with Crippen molar-refractivity contribution in [3.05, 3.63) is 63.1 Å². The van der Waals surface area contributed by atoms with Gasteiger partial charge >= 0.3 is 5.97 Å². The molecule has 0 heterocycles. The summed E-state index contributed by atoms with van der Waals surface area (Å²) in [6.07, 6.45) is 0. The number of anilines is 1. The van der Waals surface area contributed by atoms with Gasteiger partial charge in [-0.25, -0.2) is 4.79 Å². The number of rotatable bonds is 3. The van der Waals surface area contributed by atoms with Gasteiger partial charge in [-0.15, -0.1) is 0 Å². The Kier molecular flexibility index (Phi) is 5.70. The van der Waals surface area contributed by atoms with Crippen molar-refractivity contribution in [3.63, 3.8) is 0 Å². The molecule has 118 valence electrons. The first-order valence-electron chi connectivity index (χ1n) is 6.28. The average Bonchev–Trinajstić information content (AvgIpc) is 2.49. The minimum absolute atomic E-state index is 0.00944. The molecule has 3 N–H and O–H groups in total. The van der Waals surface area contributed by atoms with Crippen molar-refractivity contribution in [2.24, 2.45) is 0 Å². The average molecular weight is 414 g/mol. The molecular formula is C15H10BrClN2O3S. The lowest BCUT2D eigenvalue weighted by molar-refractivity contribution is 0.0696. The second-order valence-corrected chi connectivity index (χ2v) is 6.06. The third-order valence-electron chi connectivity index (χ3n) is 2.81. The van der Waals surface area contributed by atoms with Crippen LogP contribution in [0.1, 0.15) is 20.7 Å². The van der Waals surface area contributed by atoms with Gasteiger partial charge < -0.3 is 10.4 Å². The molecule has 0 saturated heterocycles. The number of benzene rings is 2. The Morgan fingerprint density at radius 2 is 1.87 bits per heavy atom. The molecular weight excluding hydrogens is 404 g/mol. The number of amides is 1. The topological polar surface area (TPSA) is 78.4 Å². The number of aromatic carboxylic acids is 1. The lowest BCUT2D eigenvalue weighted by atomic mass is 10.2. The van der Waals surface area contributed by atoms with Crippen molar-refractivity contribution in [2.75, 3.05) is 5.32 Å². The number of carbonyl (C=O) groups is 2. The van der Waals surface area contributed by atoms with Crippen molar-refractivity contribution in [2.45, 2.75) is 0 Å². The summed E-state index contributed by atoms with van der Waals surface area (Å²) in [5.74, 6) is -1.49. The summed E-state index contributed by atoms with van der Waals surface area (Å²) in [6.45, 7) is 0. The summed E-state index contributed by atoms with van der Waals surface area (Å²) in [4.78, 5) is 23.1. The molecule has 2 rings (SSSR count). The Morgan fingerprint density at radius 1 is 1.17 bits per heavy atom. The van der Waals surface area contributed by atoms with E-state index in [2.05, 4.69) is 26.6 Å². The van der Waals surface area contributed by atoms with Gasteiger partial charge in [0.2, 0.25) is 0 Å². The van der Waals surface area contributed by atoms with E-state index < -0.39 is 11.9 Å². The van der Waals surface area contributed by atoms with Crippen LogP contribution in [0.5, 0.6) is 0 Å². The first-order valence-corrected chi connectivity index (χ1v) is 7.86. The number of carbonyl (C=O) groups excluding carboxylic acids is 1. The summed E-state index contributed by atoms with van der Waals surface area (Å²) in [5, 5.41) is 14.5. The zero-order chi connectivity index (χ0) is 17.0. The van der Waals surface area contributed by atoms with Crippen LogP contribution in [0.3, 0.4) is 0 Å². The molecule has 2 aromatic rings. The van der Waals surface area contributed by atoms with Crippen LogP contribution in [0.15, 0.2) is 46.9 Å². The molecule has 1 amide bonds. The Hall–Kier alpha value is -1.96. The summed E-state index contributed by atoms with van der Waals surface area (Å²) in [5.41, 5.74) is 0.767. The Morgan fingerprint density at radius 3 is 2.52 bits per heavy atom. The van der Waals surface area contributed by atoms with Gasteiger partial charge in [0.05, 0.1) is 21.8 Å². The molecule has 0 aromatic heterocycles. The predicted molar refractivity (Wildman–Crippen MR) is 96.2 cm³/mol. The zero-order valence-corrected chi connectivity index (χ0v) is 14.6. The third kappa shape index (κ3) is 4.51. The lowest BCUT2D eigenvalue weighted by Crippen LogP contribution is -2.34. The van der Waals surface area contributed by atoms with E-state index in [4.69, 9.17) is 28.9 Å². The van der Waals surface area contributed by atoms with Crippen LogP contribution >= 0.6 is 39.7 Å². The fourth-order valence-corrected chi connectivity index (χ4v) is 2.56. The molecule has 0 aliphatic heterocycles. The van der Waals surface area contributed by atoms with Gasteiger partial charge in [0.15, 0.2) is 5.11 Å². The van der Waals surface area contributed by atoms with Crippen LogP contribution in [0.2, 0.25) is 5.02 Å². The quantitative estimate of drug-likeness (QED) is 0.665. The van der Waals surface area contributed by atoms with Gasteiger partial charge in [0.25, 0.3) is 5.91 Å². The molecule has 0 radical (unpaired) electrons. The standard InChI is InChI=1S/C15H10BrClN2O3S/c16-10-4-2-1-3-9(10)13(20)19-15(23)18-12-7-8(14(21)22)5-6-11(12)17/h1-7H,(H,21,22)(H2,18,19,20,23). The summed E-state index contributed by atoms with van der Waals surface area (Å²) in [6, 6.07) is 11.0. The Labute approximate surface area is 150 Å². The molecule has 0 aliphatic carbocycles. The van der Waals surface area contributed by atoms with E-state index in [0.717, 1.165) is 0 Å². The number of halogens is 2. The van der Waals surface area contributed by atoms with E-state index in [1.54, 1.807) is 24.3 Å². The molecule has 0 fully saturated rings. The van der Waals surface area contributed by atoms with E-state index in [-0.39, 0.29) is 15.7 Å². The highest BCUT2D eigenvalue weighted by atomic mass is 79.9. The first kappa shape index (κ1) is 17.4. The monoisotopic (exact) mass is 412 g/mol. The maximum Gasteiger partial charge on any atom is 0.335 e. The fourth-order valence-electron chi connectivity index (χ4n) is 1.72. The van der Waals surface area contributed by atoms with Crippen LogP contribution in [0, 0.1) is 0 Å². The SMILES string of the molecule is O=C(O)c1ccc(Cl)c(NC(=S)NC(=O)c2ccccc2Br)c1. The molecule has 2 aromatic carbocycles. The third-order valence-corrected chi connectivity index (χ3v) is 4.03. The molecule has 0 spiro atoms. The van der Waals surface area contributed by atoms with Gasteiger partial charge in [-0.2, -0.15) is 0 Å².